The monoisotopic (exact) mass is 598 g/mol. The highest BCUT2D eigenvalue weighted by molar-refractivity contribution is 6.30. The number of aryl methyl sites for hydroxylation is 1. The van der Waals surface area contributed by atoms with Gasteiger partial charge in [0, 0.05) is 37.3 Å². The number of carbonyl (C=O) groups is 2. The van der Waals surface area contributed by atoms with Crippen molar-refractivity contribution >= 4 is 29.2 Å². The highest BCUT2D eigenvalue weighted by Gasteiger charge is 2.31. The molecule has 0 radical (unpaired) electrons. The van der Waals surface area contributed by atoms with E-state index in [1.165, 1.54) is 0 Å². The molecule has 1 aliphatic rings. The average molecular weight is 599 g/mol. The van der Waals surface area contributed by atoms with Crippen LogP contribution in [-0.4, -0.2) is 61.4 Å². The van der Waals surface area contributed by atoms with Crippen LogP contribution in [0.15, 0.2) is 41.4 Å². The summed E-state index contributed by atoms with van der Waals surface area (Å²) < 4.78 is 18.1. The van der Waals surface area contributed by atoms with E-state index in [9.17, 15) is 9.59 Å². The smallest absolute Gasteiger partial charge is 0.306 e. The second-order valence-electron chi connectivity index (χ2n) is 12.1. The van der Waals surface area contributed by atoms with Gasteiger partial charge in [-0.1, -0.05) is 36.7 Å². The third kappa shape index (κ3) is 9.05. The first-order valence-electron chi connectivity index (χ1n) is 14.9. The van der Waals surface area contributed by atoms with Crippen molar-refractivity contribution in [2.45, 2.75) is 91.5 Å². The fourth-order valence-corrected chi connectivity index (χ4v) is 5.68. The Labute approximate surface area is 256 Å². The van der Waals surface area contributed by atoms with E-state index in [-0.39, 0.29) is 24.2 Å². The summed E-state index contributed by atoms with van der Waals surface area (Å²) >= 11 is 6.47. The Bertz CT molecular complexity index is 1260. The first-order valence-corrected chi connectivity index (χ1v) is 15.2. The molecule has 0 N–H and O–H groups in total. The van der Waals surface area contributed by atoms with E-state index in [1.54, 1.807) is 14.2 Å². The number of aliphatic imine (C=N–C) groups is 1. The van der Waals surface area contributed by atoms with E-state index in [1.807, 2.05) is 69.9 Å². The average Bonchev–Trinajstić information content (AvgIpc) is 2.94. The second-order valence-corrected chi connectivity index (χ2v) is 12.5. The third-order valence-corrected chi connectivity index (χ3v) is 8.11. The van der Waals surface area contributed by atoms with Crippen LogP contribution < -0.4 is 4.74 Å². The van der Waals surface area contributed by atoms with Gasteiger partial charge >= 0.3 is 5.97 Å². The molecule has 0 aliphatic carbocycles. The summed E-state index contributed by atoms with van der Waals surface area (Å²) in [7, 11) is 3.39. The number of esters is 1. The molecule has 1 aliphatic heterocycles. The standard InChI is InChI=1S/C34H47ClN2O5/c1-9-26-27(11-10-12-29(26)40-8)33(28-20-25(35)14-13-22(28)2)41-30(23(3)36-7)21-31(38)37-17-15-24(16-18-37)19-32(39)42-34(4,5)6/h10-14,20,24,30,33H,9,15-19,21H2,1-8H3/t30-,33-/m1/s1. The summed E-state index contributed by atoms with van der Waals surface area (Å²) in [6, 6.07) is 11.8. The minimum Gasteiger partial charge on any atom is -0.496 e. The molecule has 0 unspecified atom stereocenters. The Morgan fingerprint density at radius 3 is 2.40 bits per heavy atom. The molecule has 2 atom stereocenters. The first kappa shape index (κ1) is 33.6. The number of likely N-dealkylation sites (tertiary alicyclic amines) is 1. The lowest BCUT2D eigenvalue weighted by Crippen LogP contribution is -2.42. The lowest BCUT2D eigenvalue weighted by molar-refractivity contribution is -0.156. The highest BCUT2D eigenvalue weighted by atomic mass is 35.5. The van der Waals surface area contributed by atoms with Gasteiger partial charge in [-0.25, -0.2) is 0 Å². The normalized spacial score (nSPS) is 16.2. The predicted octanol–water partition coefficient (Wildman–Crippen LogP) is 7.15. The summed E-state index contributed by atoms with van der Waals surface area (Å²) in [5.74, 6) is 0.847. The van der Waals surface area contributed by atoms with Crippen LogP contribution in [0.25, 0.3) is 0 Å². The largest absolute Gasteiger partial charge is 0.496 e. The zero-order chi connectivity index (χ0) is 31.0. The van der Waals surface area contributed by atoms with Crippen molar-refractivity contribution in [3.63, 3.8) is 0 Å². The van der Waals surface area contributed by atoms with Gasteiger partial charge in [-0.2, -0.15) is 0 Å². The number of rotatable bonds is 11. The molecule has 7 nitrogen and oxygen atoms in total. The molecule has 230 valence electrons. The summed E-state index contributed by atoms with van der Waals surface area (Å²) in [5, 5.41) is 0.618. The van der Waals surface area contributed by atoms with Crippen LogP contribution in [0, 0.1) is 12.8 Å². The quantitative estimate of drug-likeness (QED) is 0.203. The molecule has 42 heavy (non-hydrogen) atoms. The lowest BCUT2D eigenvalue weighted by Gasteiger charge is -2.34. The minimum atomic E-state index is -0.540. The van der Waals surface area contributed by atoms with Gasteiger partial charge in [0.05, 0.1) is 13.5 Å². The molecule has 0 spiro atoms. The van der Waals surface area contributed by atoms with Crippen molar-refractivity contribution in [3.8, 4) is 5.75 Å². The molecule has 0 saturated carbocycles. The first-order chi connectivity index (χ1) is 19.9. The van der Waals surface area contributed by atoms with Gasteiger partial charge in [-0.15, -0.1) is 0 Å². The fourth-order valence-electron chi connectivity index (χ4n) is 5.50. The molecule has 1 fully saturated rings. The molecular formula is C34H47ClN2O5. The Balaban J connectivity index is 1.83. The number of hydrogen-bond acceptors (Lipinski definition) is 6. The minimum absolute atomic E-state index is 0.0154. The van der Waals surface area contributed by atoms with Crippen LogP contribution in [0.1, 0.15) is 88.7 Å². The van der Waals surface area contributed by atoms with E-state index >= 15 is 0 Å². The van der Waals surface area contributed by atoms with Gasteiger partial charge in [-0.05, 0) is 100 Å². The molecule has 0 bridgehead atoms. The molecule has 8 heteroatoms. The molecule has 1 saturated heterocycles. The zero-order valence-corrected chi connectivity index (χ0v) is 27.2. The van der Waals surface area contributed by atoms with Gasteiger partial charge in [0.15, 0.2) is 0 Å². The molecule has 3 rings (SSSR count). The van der Waals surface area contributed by atoms with Gasteiger partial charge in [0.1, 0.15) is 23.6 Å². The topological polar surface area (TPSA) is 77.4 Å². The van der Waals surface area contributed by atoms with Crippen molar-refractivity contribution in [1.82, 2.24) is 4.90 Å². The van der Waals surface area contributed by atoms with Crippen LogP contribution in [0.2, 0.25) is 5.02 Å². The summed E-state index contributed by atoms with van der Waals surface area (Å²) in [6.07, 6.45) is 1.82. The SMILES string of the molecule is CCc1c(OC)cccc1[C@@H](O[C@H](CC(=O)N1CCC(CC(=O)OC(C)(C)C)CC1)C(C)=NC)c1cc(Cl)ccc1C. The summed E-state index contributed by atoms with van der Waals surface area (Å²) in [6.45, 7) is 12.9. The summed E-state index contributed by atoms with van der Waals surface area (Å²) in [5.41, 5.74) is 4.26. The fraction of sp³-hybridized carbons (Fsp3) is 0.559. The zero-order valence-electron chi connectivity index (χ0n) is 26.5. The molecule has 1 amide bonds. The van der Waals surface area contributed by atoms with Crippen LogP contribution in [0.4, 0.5) is 0 Å². The number of carbonyl (C=O) groups excluding carboxylic acids is 2. The van der Waals surface area contributed by atoms with Gasteiger partial charge in [-0.3, -0.25) is 14.6 Å². The van der Waals surface area contributed by atoms with Crippen molar-refractivity contribution in [3.05, 3.63) is 63.7 Å². The molecule has 2 aromatic rings. The van der Waals surface area contributed by atoms with E-state index in [2.05, 4.69) is 18.0 Å². The number of benzene rings is 2. The number of nitrogens with zero attached hydrogens (tertiary/aromatic N) is 2. The Kier molecular flexibility index (Phi) is 12.0. The maximum atomic E-state index is 13.6. The predicted molar refractivity (Wildman–Crippen MR) is 169 cm³/mol. The maximum absolute atomic E-state index is 13.6. The number of piperidine rings is 1. The van der Waals surface area contributed by atoms with Crippen LogP contribution >= 0.6 is 11.6 Å². The van der Waals surface area contributed by atoms with Crippen molar-refractivity contribution < 1.29 is 23.8 Å². The molecular weight excluding hydrogens is 552 g/mol. The number of amides is 1. The number of methoxy groups -OCH3 is 1. The number of hydrogen-bond donors (Lipinski definition) is 0. The lowest BCUT2D eigenvalue weighted by atomic mass is 9.91. The van der Waals surface area contributed by atoms with Crippen LogP contribution in [0.3, 0.4) is 0 Å². The van der Waals surface area contributed by atoms with Crippen molar-refractivity contribution in [2.24, 2.45) is 10.9 Å². The van der Waals surface area contributed by atoms with Gasteiger partial charge < -0.3 is 19.1 Å². The van der Waals surface area contributed by atoms with E-state index in [0.717, 1.165) is 53.0 Å². The number of halogens is 1. The van der Waals surface area contributed by atoms with E-state index in [0.29, 0.717) is 24.5 Å². The van der Waals surface area contributed by atoms with Crippen molar-refractivity contribution in [2.75, 3.05) is 27.2 Å². The Morgan fingerprint density at radius 2 is 1.81 bits per heavy atom. The van der Waals surface area contributed by atoms with E-state index < -0.39 is 17.8 Å². The maximum Gasteiger partial charge on any atom is 0.306 e. The van der Waals surface area contributed by atoms with E-state index in [4.69, 9.17) is 25.8 Å². The highest BCUT2D eigenvalue weighted by Crippen LogP contribution is 2.37. The Hall–Kier alpha value is -2.90. The Morgan fingerprint density at radius 1 is 1.12 bits per heavy atom. The molecule has 0 aromatic heterocycles. The summed E-state index contributed by atoms with van der Waals surface area (Å²) in [4.78, 5) is 32.2. The van der Waals surface area contributed by atoms with Crippen LogP contribution in [0.5, 0.6) is 5.75 Å². The van der Waals surface area contributed by atoms with Crippen molar-refractivity contribution in [1.29, 1.82) is 0 Å². The second kappa shape index (κ2) is 15.0. The molecule has 2 aromatic carbocycles. The third-order valence-electron chi connectivity index (χ3n) is 7.87. The van der Waals surface area contributed by atoms with Gasteiger partial charge in [0.2, 0.25) is 5.91 Å². The molecule has 1 heterocycles. The number of ether oxygens (including phenoxy) is 3. The van der Waals surface area contributed by atoms with Crippen LogP contribution in [-0.2, 0) is 25.5 Å². The van der Waals surface area contributed by atoms with Gasteiger partial charge in [0.25, 0.3) is 0 Å².